The minimum absolute atomic E-state index is 0.223. The lowest BCUT2D eigenvalue weighted by Crippen LogP contribution is -2.13. The molecule has 1 aromatic heterocycles. The van der Waals surface area contributed by atoms with Crippen LogP contribution in [0.4, 0.5) is 14.5 Å². The van der Waals surface area contributed by atoms with Gasteiger partial charge in [-0.2, -0.15) is 10.2 Å². The molecular formula is C15H14F2N4O. The van der Waals surface area contributed by atoms with Crippen molar-refractivity contribution in [3.63, 3.8) is 0 Å². The maximum Gasteiger partial charge on any atom is 0.250 e. The van der Waals surface area contributed by atoms with Crippen LogP contribution in [0.15, 0.2) is 24.4 Å². The van der Waals surface area contributed by atoms with Crippen LogP contribution in [0.1, 0.15) is 34.5 Å². The van der Waals surface area contributed by atoms with Gasteiger partial charge in [-0.25, -0.2) is 8.78 Å². The molecule has 1 saturated carbocycles. The summed E-state index contributed by atoms with van der Waals surface area (Å²) in [6, 6.07) is 4.08. The van der Waals surface area contributed by atoms with Crippen LogP contribution in [0, 0.1) is 11.6 Å². The van der Waals surface area contributed by atoms with Gasteiger partial charge >= 0.3 is 0 Å². The molecular weight excluding hydrogens is 290 g/mol. The van der Waals surface area contributed by atoms with Crippen molar-refractivity contribution in [2.75, 3.05) is 5.32 Å². The summed E-state index contributed by atoms with van der Waals surface area (Å²) >= 11 is 0. The number of rotatable bonds is 5. The summed E-state index contributed by atoms with van der Waals surface area (Å²) < 4.78 is 26.9. The van der Waals surface area contributed by atoms with Crippen LogP contribution in [0.25, 0.3) is 0 Å². The molecule has 1 aliphatic carbocycles. The Labute approximate surface area is 125 Å². The van der Waals surface area contributed by atoms with Gasteiger partial charge in [0, 0.05) is 24.2 Å². The number of benzene rings is 1. The average molecular weight is 304 g/mol. The lowest BCUT2D eigenvalue weighted by atomic mass is 10.1. The van der Waals surface area contributed by atoms with Crippen LogP contribution in [-0.2, 0) is 6.42 Å². The summed E-state index contributed by atoms with van der Waals surface area (Å²) in [6.45, 7) is 0. The molecule has 0 bridgehead atoms. The number of anilines is 1. The highest BCUT2D eigenvalue weighted by molar-refractivity contribution is 5.92. The number of hydrogen-bond donors (Lipinski definition) is 2. The first-order valence-corrected chi connectivity index (χ1v) is 6.89. The summed E-state index contributed by atoms with van der Waals surface area (Å²) in [6.07, 6.45) is 3.51. The second-order valence-corrected chi connectivity index (χ2v) is 5.32. The van der Waals surface area contributed by atoms with Crippen molar-refractivity contribution in [3.8, 4) is 0 Å². The van der Waals surface area contributed by atoms with Crippen LogP contribution in [0.5, 0.6) is 0 Å². The number of nitrogens with two attached hydrogens (primary N) is 1. The van der Waals surface area contributed by atoms with E-state index in [2.05, 4.69) is 15.5 Å². The van der Waals surface area contributed by atoms with Gasteiger partial charge in [0.25, 0.3) is 0 Å². The zero-order chi connectivity index (χ0) is 15.7. The van der Waals surface area contributed by atoms with Crippen molar-refractivity contribution in [3.05, 3.63) is 52.9 Å². The molecule has 0 atom stereocenters. The quantitative estimate of drug-likeness (QED) is 0.885. The number of carbonyl (C=O) groups is 1. The normalized spacial score (nSPS) is 13.9. The number of primary amides is 1. The Balaban J connectivity index is 1.91. The fourth-order valence-corrected chi connectivity index (χ4v) is 2.14. The van der Waals surface area contributed by atoms with E-state index in [-0.39, 0.29) is 12.0 Å². The van der Waals surface area contributed by atoms with Gasteiger partial charge in [-0.1, -0.05) is 0 Å². The number of amides is 1. The van der Waals surface area contributed by atoms with E-state index in [1.54, 1.807) is 0 Å². The monoisotopic (exact) mass is 304 g/mol. The number of aromatic nitrogens is 2. The zero-order valence-electron chi connectivity index (χ0n) is 11.6. The second-order valence-electron chi connectivity index (χ2n) is 5.32. The molecule has 1 aliphatic rings. The fourth-order valence-electron chi connectivity index (χ4n) is 2.14. The van der Waals surface area contributed by atoms with Gasteiger partial charge in [-0.3, -0.25) is 4.79 Å². The molecule has 3 rings (SSSR count). The van der Waals surface area contributed by atoms with Gasteiger partial charge in [-0.05, 0) is 30.5 Å². The smallest absolute Gasteiger partial charge is 0.250 e. The molecule has 0 saturated heterocycles. The lowest BCUT2D eigenvalue weighted by Gasteiger charge is -2.12. The minimum Gasteiger partial charge on any atom is -0.382 e. The summed E-state index contributed by atoms with van der Waals surface area (Å²) in [5, 5.41) is 10.8. The van der Waals surface area contributed by atoms with Crippen LogP contribution in [0.3, 0.4) is 0 Å². The van der Waals surface area contributed by atoms with Crippen LogP contribution in [0.2, 0.25) is 0 Å². The highest BCUT2D eigenvalue weighted by Crippen LogP contribution is 2.29. The molecule has 2 aromatic rings. The largest absolute Gasteiger partial charge is 0.382 e. The highest BCUT2D eigenvalue weighted by Gasteiger charge is 2.23. The van der Waals surface area contributed by atoms with E-state index < -0.39 is 17.5 Å². The van der Waals surface area contributed by atoms with E-state index in [4.69, 9.17) is 5.73 Å². The summed E-state index contributed by atoms with van der Waals surface area (Å²) in [5.41, 5.74) is 6.97. The molecule has 0 aliphatic heterocycles. The summed E-state index contributed by atoms with van der Waals surface area (Å²) in [7, 11) is 0. The lowest BCUT2D eigenvalue weighted by molar-refractivity contribution is 0.0999. The summed E-state index contributed by atoms with van der Waals surface area (Å²) in [4.78, 5) is 11.2. The van der Waals surface area contributed by atoms with E-state index in [0.717, 1.165) is 25.0 Å². The van der Waals surface area contributed by atoms with E-state index in [0.29, 0.717) is 23.0 Å². The molecule has 1 aromatic carbocycles. The maximum absolute atomic E-state index is 13.5. The molecule has 0 radical (unpaired) electrons. The number of nitrogens with zero attached hydrogens (tertiary/aromatic N) is 2. The van der Waals surface area contributed by atoms with Gasteiger partial charge in [0.05, 0.1) is 17.5 Å². The van der Waals surface area contributed by atoms with E-state index in [9.17, 15) is 13.6 Å². The minimum atomic E-state index is -0.921. The predicted octanol–water partition coefficient (Wildman–Crippen LogP) is 2.02. The molecule has 1 amide bonds. The SMILES string of the molecule is NC(=O)c1cnnc(Cc2cc(F)c(F)cc2NC2CC2)c1. The molecule has 5 nitrogen and oxygen atoms in total. The third-order valence-electron chi connectivity index (χ3n) is 3.44. The fraction of sp³-hybridized carbons (Fsp3) is 0.267. The Bertz CT molecular complexity index is 731. The van der Waals surface area contributed by atoms with Crippen LogP contribution in [-0.4, -0.2) is 22.1 Å². The van der Waals surface area contributed by atoms with Crippen LogP contribution < -0.4 is 11.1 Å². The van der Waals surface area contributed by atoms with E-state index in [1.807, 2.05) is 0 Å². The standard InChI is InChI=1S/C15H14F2N4O/c16-12-5-8(14(6-13(12)17)20-10-1-2-10)3-11-4-9(15(18)22)7-19-21-11/h4-7,10,20H,1-3H2,(H2,18,22). The second kappa shape index (κ2) is 5.67. The Kier molecular flexibility index (Phi) is 3.70. The Hall–Kier alpha value is -2.57. The molecule has 22 heavy (non-hydrogen) atoms. The third-order valence-corrected chi connectivity index (χ3v) is 3.44. The van der Waals surface area contributed by atoms with Crippen molar-refractivity contribution >= 4 is 11.6 Å². The van der Waals surface area contributed by atoms with Gasteiger partial charge in [-0.15, -0.1) is 0 Å². The summed E-state index contributed by atoms with van der Waals surface area (Å²) in [5.74, 6) is -2.43. The molecule has 0 unspecified atom stereocenters. The molecule has 0 spiro atoms. The first-order chi connectivity index (χ1) is 10.5. The number of nitrogens with one attached hydrogen (secondary N) is 1. The molecule has 1 heterocycles. The van der Waals surface area contributed by atoms with Crippen molar-refractivity contribution < 1.29 is 13.6 Å². The topological polar surface area (TPSA) is 80.9 Å². The van der Waals surface area contributed by atoms with Crippen molar-refractivity contribution in [1.29, 1.82) is 0 Å². The Morgan fingerprint density at radius 3 is 2.68 bits per heavy atom. The first-order valence-electron chi connectivity index (χ1n) is 6.89. The van der Waals surface area contributed by atoms with Crippen molar-refractivity contribution in [1.82, 2.24) is 10.2 Å². The molecule has 1 fully saturated rings. The average Bonchev–Trinajstić information content (AvgIpc) is 3.28. The number of hydrogen-bond acceptors (Lipinski definition) is 4. The van der Waals surface area contributed by atoms with Crippen molar-refractivity contribution in [2.24, 2.45) is 5.73 Å². The molecule has 7 heteroatoms. The number of carbonyl (C=O) groups excluding carboxylic acids is 1. The molecule has 3 N–H and O–H groups in total. The van der Waals surface area contributed by atoms with Gasteiger partial charge < -0.3 is 11.1 Å². The van der Waals surface area contributed by atoms with Gasteiger partial charge in [0.15, 0.2) is 11.6 Å². The predicted molar refractivity (Wildman–Crippen MR) is 76.4 cm³/mol. The Morgan fingerprint density at radius 2 is 2.00 bits per heavy atom. The zero-order valence-corrected chi connectivity index (χ0v) is 11.6. The van der Waals surface area contributed by atoms with E-state index >= 15 is 0 Å². The van der Waals surface area contributed by atoms with E-state index in [1.165, 1.54) is 12.3 Å². The molecule has 114 valence electrons. The van der Waals surface area contributed by atoms with Gasteiger partial charge in [0.1, 0.15) is 0 Å². The first kappa shape index (κ1) is 14.4. The van der Waals surface area contributed by atoms with Crippen molar-refractivity contribution in [2.45, 2.75) is 25.3 Å². The van der Waals surface area contributed by atoms with Crippen LogP contribution >= 0.6 is 0 Å². The number of halogens is 2. The third kappa shape index (κ3) is 3.19. The van der Waals surface area contributed by atoms with Gasteiger partial charge in [0.2, 0.25) is 5.91 Å². The highest BCUT2D eigenvalue weighted by atomic mass is 19.2. The maximum atomic E-state index is 13.5. The Morgan fingerprint density at radius 1 is 1.27 bits per heavy atom.